The molecule has 0 unspecified atom stereocenters. The van der Waals surface area contributed by atoms with Crippen molar-refractivity contribution in [2.75, 3.05) is 13.2 Å². The maximum absolute atomic E-state index is 13.3. The number of rotatable bonds is 8. The van der Waals surface area contributed by atoms with Crippen molar-refractivity contribution < 1.29 is 18.3 Å². The van der Waals surface area contributed by atoms with Crippen LogP contribution in [-0.2, 0) is 16.6 Å². The number of carbonyl (C=O) groups is 1. The number of carbonyl (C=O) groups excluding carboxylic acids is 1. The van der Waals surface area contributed by atoms with Gasteiger partial charge < -0.3 is 10.1 Å². The Bertz CT molecular complexity index is 1250. The average Bonchev–Trinajstić information content (AvgIpc) is 2.71. The Morgan fingerprint density at radius 3 is 2.60 bits per heavy atom. The van der Waals surface area contributed by atoms with Gasteiger partial charge in [-0.25, -0.2) is 8.42 Å². The Morgan fingerprint density at radius 1 is 1.13 bits per heavy atom. The molecule has 7 nitrogen and oxygen atoms in total. The minimum Gasteiger partial charge on any atom is -0.396 e. The Kier molecular flexibility index (Phi) is 6.50. The van der Waals surface area contributed by atoms with Crippen LogP contribution in [0.3, 0.4) is 0 Å². The number of nitrogens with zero attached hydrogens (tertiary/aromatic N) is 1. The number of aromatic nitrogens is 1. The largest absolute Gasteiger partial charge is 0.396 e. The summed E-state index contributed by atoms with van der Waals surface area (Å²) in [4.78, 5) is 27.0. The van der Waals surface area contributed by atoms with E-state index in [2.05, 4.69) is 4.98 Å². The molecule has 0 aliphatic rings. The van der Waals surface area contributed by atoms with Crippen LogP contribution in [0.4, 0.5) is 0 Å². The molecule has 2 N–H and O–H groups in total. The number of aliphatic hydroxyl groups excluding tert-OH is 1. The van der Waals surface area contributed by atoms with E-state index in [4.69, 9.17) is 0 Å². The number of Topliss-reactive ketones (excluding diaryl/α,β-unsaturated/α-hetero) is 1. The third-order valence-electron chi connectivity index (χ3n) is 4.87. The zero-order chi connectivity index (χ0) is 21.9. The minimum atomic E-state index is -3.99. The van der Waals surface area contributed by atoms with E-state index in [1.165, 1.54) is 25.1 Å². The molecule has 8 heteroatoms. The molecule has 3 rings (SSSR count). The minimum absolute atomic E-state index is 0.0269. The molecule has 0 bridgehead atoms. The van der Waals surface area contributed by atoms with Crippen molar-refractivity contribution in [2.24, 2.45) is 0 Å². The lowest BCUT2D eigenvalue weighted by Gasteiger charge is -2.22. The molecule has 0 radical (unpaired) electrons. The molecule has 2 aromatic carbocycles. The first-order chi connectivity index (χ1) is 14.2. The van der Waals surface area contributed by atoms with Gasteiger partial charge in [-0.1, -0.05) is 24.3 Å². The van der Waals surface area contributed by atoms with Crippen molar-refractivity contribution in [2.45, 2.75) is 31.7 Å². The van der Waals surface area contributed by atoms with Gasteiger partial charge >= 0.3 is 0 Å². The number of hydrogen-bond donors (Lipinski definition) is 2. The van der Waals surface area contributed by atoms with Gasteiger partial charge in [-0.2, -0.15) is 4.31 Å². The molecule has 158 valence electrons. The van der Waals surface area contributed by atoms with Crippen molar-refractivity contribution in [1.82, 2.24) is 9.29 Å². The van der Waals surface area contributed by atoms with Gasteiger partial charge in [0.05, 0.1) is 4.90 Å². The summed E-state index contributed by atoms with van der Waals surface area (Å²) in [5.74, 6) is -0.241. The lowest BCUT2D eigenvalue weighted by molar-refractivity contribution is 0.101. The molecule has 1 aromatic heterocycles. The molecule has 0 aliphatic carbocycles. The number of ketones is 1. The molecule has 0 saturated heterocycles. The van der Waals surface area contributed by atoms with Gasteiger partial charge in [0.1, 0.15) is 0 Å². The van der Waals surface area contributed by atoms with E-state index in [9.17, 15) is 23.1 Å². The number of aromatic amines is 1. The predicted molar refractivity (Wildman–Crippen MR) is 115 cm³/mol. The van der Waals surface area contributed by atoms with Crippen molar-refractivity contribution in [3.05, 3.63) is 75.6 Å². The predicted octanol–water partition coefficient (Wildman–Crippen LogP) is 2.61. The van der Waals surface area contributed by atoms with Crippen molar-refractivity contribution in [3.8, 4) is 0 Å². The zero-order valence-electron chi connectivity index (χ0n) is 16.9. The lowest BCUT2D eigenvalue weighted by Crippen LogP contribution is -2.34. The smallest absolute Gasteiger partial charge is 0.252 e. The van der Waals surface area contributed by atoms with E-state index in [1.54, 1.807) is 12.1 Å². The average molecular weight is 429 g/mol. The number of aliphatic hydroxyl groups is 1. The highest BCUT2D eigenvalue weighted by molar-refractivity contribution is 7.89. The number of benzene rings is 2. The van der Waals surface area contributed by atoms with Gasteiger partial charge in [-0.15, -0.1) is 0 Å². The fourth-order valence-corrected chi connectivity index (χ4v) is 4.73. The molecule has 0 amide bonds. The van der Waals surface area contributed by atoms with Crippen molar-refractivity contribution >= 4 is 26.7 Å². The quantitative estimate of drug-likeness (QED) is 0.536. The molecule has 0 saturated carbocycles. The maximum Gasteiger partial charge on any atom is 0.252 e. The van der Waals surface area contributed by atoms with Crippen LogP contribution in [0.1, 0.15) is 34.8 Å². The summed E-state index contributed by atoms with van der Waals surface area (Å²) < 4.78 is 27.7. The summed E-state index contributed by atoms with van der Waals surface area (Å²) in [6.07, 6.45) is 0.219. The number of aryl methyl sites for hydroxylation is 1. The van der Waals surface area contributed by atoms with Gasteiger partial charge in [-0.3, -0.25) is 9.59 Å². The van der Waals surface area contributed by atoms with Crippen molar-refractivity contribution in [3.63, 3.8) is 0 Å². The zero-order valence-corrected chi connectivity index (χ0v) is 17.7. The summed E-state index contributed by atoms with van der Waals surface area (Å²) >= 11 is 0. The van der Waals surface area contributed by atoms with Crippen LogP contribution in [0.25, 0.3) is 10.9 Å². The third-order valence-corrected chi connectivity index (χ3v) is 6.71. The van der Waals surface area contributed by atoms with Gasteiger partial charge in [0.15, 0.2) is 5.78 Å². The second-order valence-corrected chi connectivity index (χ2v) is 9.15. The Hall–Kier alpha value is -2.81. The first-order valence-corrected chi connectivity index (χ1v) is 11.0. The number of nitrogens with one attached hydrogen (secondary N) is 1. The first-order valence-electron chi connectivity index (χ1n) is 9.57. The van der Waals surface area contributed by atoms with Crippen molar-refractivity contribution in [1.29, 1.82) is 0 Å². The van der Waals surface area contributed by atoms with Crippen LogP contribution in [0.2, 0.25) is 0 Å². The maximum atomic E-state index is 13.3. The molecular weight excluding hydrogens is 404 g/mol. The summed E-state index contributed by atoms with van der Waals surface area (Å²) in [5.41, 5.74) is 1.91. The Balaban J connectivity index is 2.02. The van der Waals surface area contributed by atoms with Gasteiger partial charge in [0.2, 0.25) is 10.0 Å². The second-order valence-electron chi connectivity index (χ2n) is 7.21. The number of fused-ring (bicyclic) bond motifs is 1. The van der Waals surface area contributed by atoms with Gasteiger partial charge in [-0.05, 0) is 55.5 Å². The van der Waals surface area contributed by atoms with E-state index in [1.807, 2.05) is 25.1 Å². The van der Waals surface area contributed by atoms with E-state index in [0.29, 0.717) is 11.1 Å². The summed E-state index contributed by atoms with van der Waals surface area (Å²) in [6.45, 7) is 2.99. The second kappa shape index (κ2) is 8.91. The lowest BCUT2D eigenvalue weighted by atomic mass is 10.1. The number of sulfonamides is 1. The van der Waals surface area contributed by atoms with E-state index >= 15 is 0 Å². The van der Waals surface area contributed by atoms with Crippen LogP contribution < -0.4 is 5.56 Å². The molecule has 0 spiro atoms. The van der Waals surface area contributed by atoms with Gasteiger partial charge in [0, 0.05) is 36.3 Å². The Morgan fingerprint density at radius 2 is 1.90 bits per heavy atom. The van der Waals surface area contributed by atoms with Gasteiger partial charge in [0.25, 0.3) is 5.56 Å². The molecule has 30 heavy (non-hydrogen) atoms. The highest BCUT2D eigenvalue weighted by atomic mass is 32.2. The standard InChI is InChI=1S/C22H24N2O5S/c1-15-7-8-18-12-19(22(27)23-21(18)11-15)14-24(9-4-10-25)30(28,29)20-6-3-5-17(13-20)16(2)26/h3,5-8,11-13,25H,4,9-10,14H2,1-2H3,(H,23,27). The SMILES string of the molecule is CC(=O)c1cccc(S(=O)(=O)N(CCCO)Cc2cc3ccc(C)cc3[nH]c2=O)c1. The highest BCUT2D eigenvalue weighted by Crippen LogP contribution is 2.21. The molecule has 0 aliphatic heterocycles. The number of hydrogen-bond acceptors (Lipinski definition) is 5. The molecule has 0 fully saturated rings. The molecule has 3 aromatic rings. The van der Waals surface area contributed by atoms with Crippen LogP contribution >= 0.6 is 0 Å². The number of pyridine rings is 1. The third kappa shape index (κ3) is 4.67. The monoisotopic (exact) mass is 428 g/mol. The van der Waals surface area contributed by atoms with E-state index < -0.39 is 10.0 Å². The summed E-state index contributed by atoms with van der Waals surface area (Å²) in [7, 11) is -3.99. The highest BCUT2D eigenvalue weighted by Gasteiger charge is 2.26. The molecular formula is C22H24N2O5S. The molecule has 0 atom stereocenters. The molecule has 1 heterocycles. The van der Waals surface area contributed by atoms with Crippen LogP contribution in [0, 0.1) is 6.92 Å². The summed E-state index contributed by atoms with van der Waals surface area (Å²) in [6, 6.07) is 13.1. The fourth-order valence-electron chi connectivity index (χ4n) is 3.22. The van der Waals surface area contributed by atoms with Crippen LogP contribution in [0.15, 0.2) is 58.2 Å². The topological polar surface area (TPSA) is 108 Å². The summed E-state index contributed by atoms with van der Waals surface area (Å²) in [5, 5.41) is 10.0. The Labute approximate surface area is 175 Å². The van der Waals surface area contributed by atoms with E-state index in [-0.39, 0.29) is 47.9 Å². The number of H-pyrrole nitrogens is 1. The first kappa shape index (κ1) is 21.9. The van der Waals surface area contributed by atoms with Crippen LogP contribution in [0.5, 0.6) is 0 Å². The van der Waals surface area contributed by atoms with Crippen LogP contribution in [-0.4, -0.2) is 41.7 Å². The fraction of sp³-hybridized carbons (Fsp3) is 0.273. The normalized spacial score (nSPS) is 11.9. The van der Waals surface area contributed by atoms with E-state index in [0.717, 1.165) is 15.3 Å².